The number of phenolic OH excluding ortho intramolecular Hbond substituents is 1. The van der Waals surface area contributed by atoms with Gasteiger partial charge in [0.1, 0.15) is 5.75 Å². The molecule has 1 fully saturated rings. The molecule has 3 N–H and O–H groups in total. The molecule has 6 heteroatoms. The summed E-state index contributed by atoms with van der Waals surface area (Å²) < 4.78 is 0.703. The van der Waals surface area contributed by atoms with Gasteiger partial charge in [0.25, 0.3) is 5.91 Å². The first-order valence-corrected chi connectivity index (χ1v) is 8.57. The summed E-state index contributed by atoms with van der Waals surface area (Å²) >= 11 is 2.03. The van der Waals surface area contributed by atoms with Crippen molar-refractivity contribution in [2.75, 3.05) is 36.4 Å². The Morgan fingerprint density at radius 2 is 1.83 bits per heavy atom. The number of halogens is 1. The SMILES string of the molecule is O=C(Nc1ccc(O)c(I)c1)c1ccc(N2CCNCC2)cc1. The van der Waals surface area contributed by atoms with Crippen molar-refractivity contribution in [3.05, 3.63) is 51.6 Å². The van der Waals surface area contributed by atoms with Crippen LogP contribution in [0.3, 0.4) is 0 Å². The Kier molecular flexibility index (Phi) is 5.02. The van der Waals surface area contributed by atoms with Crippen molar-refractivity contribution < 1.29 is 9.90 Å². The highest BCUT2D eigenvalue weighted by molar-refractivity contribution is 14.1. The van der Waals surface area contributed by atoms with Crippen LogP contribution in [0.25, 0.3) is 0 Å². The number of hydrogen-bond donors (Lipinski definition) is 3. The van der Waals surface area contributed by atoms with Crippen LogP contribution in [-0.4, -0.2) is 37.2 Å². The monoisotopic (exact) mass is 423 g/mol. The van der Waals surface area contributed by atoms with E-state index in [1.165, 1.54) is 0 Å². The minimum atomic E-state index is -0.154. The number of rotatable bonds is 3. The van der Waals surface area contributed by atoms with Gasteiger partial charge in [-0.05, 0) is 65.1 Å². The third kappa shape index (κ3) is 3.94. The zero-order valence-corrected chi connectivity index (χ0v) is 14.7. The number of anilines is 2. The van der Waals surface area contributed by atoms with Gasteiger partial charge in [-0.25, -0.2) is 0 Å². The van der Waals surface area contributed by atoms with Gasteiger partial charge in [-0.2, -0.15) is 0 Å². The summed E-state index contributed by atoms with van der Waals surface area (Å²) in [6, 6.07) is 12.7. The lowest BCUT2D eigenvalue weighted by Crippen LogP contribution is -2.43. The molecule has 2 aromatic rings. The fourth-order valence-corrected chi connectivity index (χ4v) is 3.05. The standard InChI is InChI=1S/C17H18IN3O2/c18-15-11-13(3-6-16(15)22)20-17(23)12-1-4-14(5-2-12)21-9-7-19-8-10-21/h1-6,11,19,22H,7-10H2,(H,20,23). The average molecular weight is 423 g/mol. The van der Waals surface area contributed by atoms with E-state index in [2.05, 4.69) is 15.5 Å². The van der Waals surface area contributed by atoms with Gasteiger partial charge >= 0.3 is 0 Å². The summed E-state index contributed by atoms with van der Waals surface area (Å²) in [5.41, 5.74) is 2.43. The van der Waals surface area contributed by atoms with Crippen LogP contribution in [0.2, 0.25) is 0 Å². The van der Waals surface area contributed by atoms with Gasteiger partial charge in [-0.15, -0.1) is 0 Å². The Morgan fingerprint density at radius 1 is 1.13 bits per heavy atom. The van der Waals surface area contributed by atoms with Crippen molar-refractivity contribution in [1.82, 2.24) is 5.32 Å². The highest BCUT2D eigenvalue weighted by Gasteiger charge is 2.12. The molecule has 23 heavy (non-hydrogen) atoms. The maximum atomic E-state index is 12.3. The molecule has 0 aliphatic carbocycles. The van der Waals surface area contributed by atoms with E-state index >= 15 is 0 Å². The van der Waals surface area contributed by atoms with Gasteiger partial charge in [0.05, 0.1) is 3.57 Å². The second kappa shape index (κ2) is 7.18. The summed E-state index contributed by atoms with van der Waals surface area (Å²) in [5.74, 6) is 0.0577. The Bertz CT molecular complexity index is 697. The molecule has 120 valence electrons. The van der Waals surface area contributed by atoms with Crippen molar-refractivity contribution in [3.63, 3.8) is 0 Å². The molecule has 3 rings (SSSR count). The van der Waals surface area contributed by atoms with Crippen molar-refractivity contribution in [2.45, 2.75) is 0 Å². The van der Waals surface area contributed by atoms with E-state index in [4.69, 9.17) is 0 Å². The average Bonchev–Trinajstić information content (AvgIpc) is 2.59. The Balaban J connectivity index is 1.68. The van der Waals surface area contributed by atoms with Crippen molar-refractivity contribution in [3.8, 4) is 5.75 Å². The predicted octanol–water partition coefficient (Wildman–Crippen LogP) is 2.66. The number of piperazine rings is 1. The van der Waals surface area contributed by atoms with Gasteiger partial charge in [-0.1, -0.05) is 0 Å². The fourth-order valence-electron chi connectivity index (χ4n) is 2.53. The summed E-state index contributed by atoms with van der Waals surface area (Å²) in [5, 5.41) is 15.7. The first kappa shape index (κ1) is 16.1. The minimum absolute atomic E-state index is 0.154. The van der Waals surface area contributed by atoms with Crippen LogP contribution in [0.4, 0.5) is 11.4 Å². The highest BCUT2D eigenvalue weighted by atomic mass is 127. The molecule has 0 spiro atoms. The first-order chi connectivity index (χ1) is 11.1. The molecule has 0 saturated carbocycles. The molecule has 0 unspecified atom stereocenters. The van der Waals surface area contributed by atoms with E-state index in [1.54, 1.807) is 18.2 Å². The maximum absolute atomic E-state index is 12.3. The lowest BCUT2D eigenvalue weighted by atomic mass is 10.1. The van der Waals surface area contributed by atoms with Crippen LogP contribution in [0.5, 0.6) is 5.75 Å². The molecule has 0 bridgehead atoms. The molecule has 5 nitrogen and oxygen atoms in total. The molecule has 0 aromatic heterocycles. The summed E-state index contributed by atoms with van der Waals surface area (Å²) in [7, 11) is 0. The molecule has 2 aromatic carbocycles. The number of carbonyl (C=O) groups excluding carboxylic acids is 1. The second-order valence-electron chi connectivity index (χ2n) is 5.40. The number of nitrogens with zero attached hydrogens (tertiary/aromatic N) is 1. The van der Waals surface area contributed by atoms with Gasteiger partial charge in [0.2, 0.25) is 0 Å². The van der Waals surface area contributed by atoms with Crippen LogP contribution in [0, 0.1) is 3.57 Å². The third-order valence-electron chi connectivity index (χ3n) is 3.82. The van der Waals surface area contributed by atoms with Crippen molar-refractivity contribution in [1.29, 1.82) is 0 Å². The lowest BCUT2D eigenvalue weighted by molar-refractivity contribution is 0.102. The van der Waals surface area contributed by atoms with Crippen LogP contribution in [0.15, 0.2) is 42.5 Å². The zero-order chi connectivity index (χ0) is 16.2. The van der Waals surface area contributed by atoms with E-state index in [0.717, 1.165) is 31.9 Å². The number of aromatic hydroxyl groups is 1. The normalized spacial score (nSPS) is 14.6. The summed E-state index contributed by atoms with van der Waals surface area (Å²) in [6.45, 7) is 3.94. The molecule has 1 aliphatic rings. The predicted molar refractivity (Wildman–Crippen MR) is 100 cm³/mol. The van der Waals surface area contributed by atoms with E-state index in [-0.39, 0.29) is 11.7 Å². The van der Waals surface area contributed by atoms with E-state index < -0.39 is 0 Å². The van der Waals surface area contributed by atoms with Crippen LogP contribution in [-0.2, 0) is 0 Å². The Labute approximate surface area is 148 Å². The van der Waals surface area contributed by atoms with Gasteiger partial charge in [0, 0.05) is 43.1 Å². The number of phenols is 1. The number of nitrogens with one attached hydrogen (secondary N) is 2. The Morgan fingerprint density at radius 3 is 2.48 bits per heavy atom. The van der Waals surface area contributed by atoms with E-state index in [0.29, 0.717) is 14.8 Å². The summed E-state index contributed by atoms with van der Waals surface area (Å²) in [6.07, 6.45) is 0. The smallest absolute Gasteiger partial charge is 0.255 e. The van der Waals surface area contributed by atoms with Crippen LogP contribution >= 0.6 is 22.6 Å². The molecule has 0 atom stereocenters. The molecular formula is C17H18IN3O2. The maximum Gasteiger partial charge on any atom is 0.255 e. The molecule has 1 aliphatic heterocycles. The van der Waals surface area contributed by atoms with E-state index in [1.807, 2.05) is 46.9 Å². The van der Waals surface area contributed by atoms with Gasteiger partial charge in [0.15, 0.2) is 0 Å². The first-order valence-electron chi connectivity index (χ1n) is 7.49. The molecule has 1 heterocycles. The number of benzene rings is 2. The number of carbonyl (C=O) groups is 1. The number of hydrogen-bond acceptors (Lipinski definition) is 4. The second-order valence-corrected chi connectivity index (χ2v) is 6.57. The van der Waals surface area contributed by atoms with E-state index in [9.17, 15) is 9.90 Å². The van der Waals surface area contributed by atoms with Gasteiger partial charge in [-0.3, -0.25) is 4.79 Å². The lowest BCUT2D eigenvalue weighted by Gasteiger charge is -2.29. The van der Waals surface area contributed by atoms with Gasteiger partial charge < -0.3 is 20.6 Å². The topological polar surface area (TPSA) is 64.6 Å². The van der Waals surface area contributed by atoms with Crippen molar-refractivity contribution in [2.24, 2.45) is 0 Å². The summed E-state index contributed by atoms with van der Waals surface area (Å²) in [4.78, 5) is 14.6. The van der Waals surface area contributed by atoms with Crippen LogP contribution in [0.1, 0.15) is 10.4 Å². The molecule has 1 saturated heterocycles. The quantitative estimate of drug-likeness (QED) is 0.525. The third-order valence-corrected chi connectivity index (χ3v) is 4.68. The molecular weight excluding hydrogens is 405 g/mol. The number of amides is 1. The zero-order valence-electron chi connectivity index (χ0n) is 12.6. The molecule has 1 amide bonds. The fraction of sp³-hybridized carbons (Fsp3) is 0.235. The van der Waals surface area contributed by atoms with Crippen LogP contribution < -0.4 is 15.5 Å². The Hall–Kier alpha value is -1.80. The molecule has 0 radical (unpaired) electrons. The van der Waals surface area contributed by atoms with Crippen molar-refractivity contribution >= 4 is 39.9 Å². The minimum Gasteiger partial charge on any atom is -0.507 e. The highest BCUT2D eigenvalue weighted by Crippen LogP contribution is 2.23. The largest absolute Gasteiger partial charge is 0.507 e.